The average Bonchev–Trinajstić information content (AvgIpc) is 3.30. The third kappa shape index (κ3) is 4.28. The van der Waals surface area contributed by atoms with Crippen LogP contribution in [0.5, 0.6) is 0 Å². The summed E-state index contributed by atoms with van der Waals surface area (Å²) in [4.78, 5) is 30.1. The Hall–Kier alpha value is -2.92. The van der Waals surface area contributed by atoms with Crippen LogP contribution in [0, 0.1) is 5.92 Å². The molecule has 2 heterocycles. The molecule has 0 spiro atoms. The summed E-state index contributed by atoms with van der Waals surface area (Å²) in [5.74, 6) is -0.215. The van der Waals surface area contributed by atoms with Crippen molar-refractivity contribution < 1.29 is 9.59 Å². The first-order valence-corrected chi connectivity index (χ1v) is 11.6. The van der Waals surface area contributed by atoms with Crippen molar-refractivity contribution in [3.8, 4) is 0 Å². The van der Waals surface area contributed by atoms with E-state index in [0.29, 0.717) is 18.0 Å². The lowest BCUT2D eigenvalue weighted by Crippen LogP contribution is -2.48. The fourth-order valence-electron chi connectivity index (χ4n) is 4.37. The van der Waals surface area contributed by atoms with Gasteiger partial charge in [-0.25, -0.2) is 0 Å². The Labute approximate surface area is 187 Å². The number of hydrogen-bond acceptors (Lipinski definition) is 3. The van der Waals surface area contributed by atoms with Gasteiger partial charge in [0.2, 0.25) is 5.91 Å². The van der Waals surface area contributed by atoms with Gasteiger partial charge >= 0.3 is 0 Å². The van der Waals surface area contributed by atoms with E-state index in [1.165, 1.54) is 0 Å². The molecule has 3 aromatic rings. The highest BCUT2D eigenvalue weighted by Crippen LogP contribution is 2.44. The predicted octanol–water partition coefficient (Wildman–Crippen LogP) is 5.56. The number of benzene rings is 2. The second-order valence-electron chi connectivity index (χ2n) is 8.52. The fourth-order valence-corrected chi connectivity index (χ4v) is 5.25. The molecule has 3 atom stereocenters. The van der Waals surface area contributed by atoms with Gasteiger partial charge in [0, 0.05) is 17.0 Å². The maximum absolute atomic E-state index is 13.7. The van der Waals surface area contributed by atoms with E-state index < -0.39 is 5.92 Å². The molecule has 2 aromatic carbocycles. The first-order chi connectivity index (χ1) is 15.0. The summed E-state index contributed by atoms with van der Waals surface area (Å²) >= 11 is 1.60. The highest BCUT2D eigenvalue weighted by molar-refractivity contribution is 7.10. The minimum Gasteiger partial charge on any atom is -0.349 e. The number of hydrogen-bond donors (Lipinski definition) is 1. The zero-order valence-electron chi connectivity index (χ0n) is 18.1. The van der Waals surface area contributed by atoms with Crippen molar-refractivity contribution >= 4 is 23.2 Å². The molecular weight excluding hydrogens is 404 g/mol. The van der Waals surface area contributed by atoms with E-state index in [4.69, 9.17) is 0 Å². The SMILES string of the molecule is CC(C)CN1C(=O)c2ccccc2[C@H](C(=O)N[C@@H](C)c2ccccc2)[C@H]1c1cccs1. The summed E-state index contributed by atoms with van der Waals surface area (Å²) in [6, 6.07) is 21.1. The Morgan fingerprint density at radius 1 is 1.00 bits per heavy atom. The second-order valence-corrected chi connectivity index (χ2v) is 9.50. The lowest BCUT2D eigenvalue weighted by Gasteiger charge is -2.42. The van der Waals surface area contributed by atoms with Gasteiger partial charge in [-0.1, -0.05) is 68.4 Å². The number of nitrogens with one attached hydrogen (secondary N) is 1. The minimum atomic E-state index is -0.461. The Kier molecular flexibility index (Phi) is 6.23. The third-order valence-electron chi connectivity index (χ3n) is 5.78. The minimum absolute atomic E-state index is 0.00265. The van der Waals surface area contributed by atoms with Crippen molar-refractivity contribution in [3.05, 3.63) is 93.7 Å². The molecule has 0 saturated heterocycles. The van der Waals surface area contributed by atoms with Crippen LogP contribution in [0.4, 0.5) is 0 Å². The van der Waals surface area contributed by atoms with E-state index in [-0.39, 0.29) is 23.9 Å². The van der Waals surface area contributed by atoms with Crippen molar-refractivity contribution in [1.82, 2.24) is 10.2 Å². The third-order valence-corrected chi connectivity index (χ3v) is 6.72. The molecule has 0 saturated carbocycles. The molecule has 160 valence electrons. The lowest BCUT2D eigenvalue weighted by molar-refractivity contribution is -0.125. The Bertz CT molecular complexity index is 1050. The Morgan fingerprint density at radius 2 is 1.71 bits per heavy atom. The van der Waals surface area contributed by atoms with Crippen LogP contribution in [0.2, 0.25) is 0 Å². The van der Waals surface area contributed by atoms with E-state index in [9.17, 15) is 9.59 Å². The molecule has 0 unspecified atom stereocenters. The van der Waals surface area contributed by atoms with Crippen molar-refractivity contribution in [2.24, 2.45) is 5.92 Å². The normalized spacial score (nSPS) is 19.2. The molecular formula is C26H28N2O2S. The van der Waals surface area contributed by atoms with Crippen molar-refractivity contribution in [2.45, 2.75) is 38.8 Å². The number of nitrogens with zero attached hydrogens (tertiary/aromatic N) is 1. The maximum atomic E-state index is 13.7. The fraction of sp³-hybridized carbons (Fsp3) is 0.308. The number of carbonyl (C=O) groups excluding carboxylic acids is 2. The average molecular weight is 433 g/mol. The van der Waals surface area contributed by atoms with E-state index >= 15 is 0 Å². The molecule has 2 amide bonds. The maximum Gasteiger partial charge on any atom is 0.254 e. The predicted molar refractivity (Wildman–Crippen MR) is 125 cm³/mol. The quantitative estimate of drug-likeness (QED) is 0.554. The van der Waals surface area contributed by atoms with E-state index in [0.717, 1.165) is 16.0 Å². The van der Waals surface area contributed by atoms with Crippen LogP contribution < -0.4 is 5.32 Å². The number of thiophene rings is 1. The van der Waals surface area contributed by atoms with Gasteiger partial charge in [-0.2, -0.15) is 0 Å². The first kappa shape index (κ1) is 21.3. The van der Waals surface area contributed by atoms with Crippen molar-refractivity contribution in [1.29, 1.82) is 0 Å². The van der Waals surface area contributed by atoms with Gasteiger partial charge in [-0.3, -0.25) is 9.59 Å². The summed E-state index contributed by atoms with van der Waals surface area (Å²) in [6.45, 7) is 6.81. The van der Waals surface area contributed by atoms with Gasteiger partial charge < -0.3 is 10.2 Å². The van der Waals surface area contributed by atoms with Crippen LogP contribution >= 0.6 is 11.3 Å². The zero-order chi connectivity index (χ0) is 22.0. The molecule has 1 N–H and O–H groups in total. The van der Waals surface area contributed by atoms with Crippen LogP contribution in [0.3, 0.4) is 0 Å². The molecule has 0 fully saturated rings. The van der Waals surface area contributed by atoms with E-state index in [1.54, 1.807) is 11.3 Å². The molecule has 0 bridgehead atoms. The van der Waals surface area contributed by atoms with Crippen molar-refractivity contribution in [2.75, 3.05) is 6.54 Å². The van der Waals surface area contributed by atoms with Crippen LogP contribution in [0.15, 0.2) is 72.1 Å². The van der Waals surface area contributed by atoms with Gasteiger partial charge in [0.15, 0.2) is 0 Å². The Morgan fingerprint density at radius 3 is 2.39 bits per heavy atom. The summed E-state index contributed by atoms with van der Waals surface area (Å²) in [7, 11) is 0. The molecule has 1 aromatic heterocycles. The smallest absolute Gasteiger partial charge is 0.254 e. The second kappa shape index (κ2) is 9.06. The highest BCUT2D eigenvalue weighted by Gasteiger charge is 2.44. The molecule has 4 nitrogen and oxygen atoms in total. The van der Waals surface area contributed by atoms with E-state index in [1.807, 2.05) is 83.9 Å². The lowest BCUT2D eigenvalue weighted by atomic mass is 9.81. The molecule has 0 radical (unpaired) electrons. The van der Waals surface area contributed by atoms with Crippen molar-refractivity contribution in [3.63, 3.8) is 0 Å². The molecule has 5 heteroatoms. The molecule has 0 aliphatic carbocycles. The van der Waals surface area contributed by atoms with Gasteiger partial charge in [0.05, 0.1) is 18.0 Å². The zero-order valence-corrected chi connectivity index (χ0v) is 18.9. The topological polar surface area (TPSA) is 49.4 Å². The number of carbonyl (C=O) groups is 2. The summed E-state index contributed by atoms with van der Waals surface area (Å²) in [5, 5.41) is 5.22. The molecule has 4 rings (SSSR count). The van der Waals surface area contributed by atoms with Gasteiger partial charge in [-0.05, 0) is 41.5 Å². The van der Waals surface area contributed by atoms with Crippen LogP contribution in [-0.2, 0) is 4.79 Å². The van der Waals surface area contributed by atoms with E-state index in [2.05, 4.69) is 19.2 Å². The number of rotatable bonds is 6. The summed E-state index contributed by atoms with van der Waals surface area (Å²) in [6.07, 6.45) is 0. The summed E-state index contributed by atoms with van der Waals surface area (Å²) in [5.41, 5.74) is 2.50. The number of amides is 2. The highest BCUT2D eigenvalue weighted by atomic mass is 32.1. The molecule has 31 heavy (non-hydrogen) atoms. The monoisotopic (exact) mass is 432 g/mol. The number of fused-ring (bicyclic) bond motifs is 1. The molecule has 1 aliphatic rings. The van der Waals surface area contributed by atoms with Gasteiger partial charge in [-0.15, -0.1) is 11.3 Å². The van der Waals surface area contributed by atoms with Crippen LogP contribution in [0.25, 0.3) is 0 Å². The van der Waals surface area contributed by atoms with Crippen LogP contribution in [-0.4, -0.2) is 23.3 Å². The van der Waals surface area contributed by atoms with Gasteiger partial charge in [0.1, 0.15) is 0 Å². The van der Waals surface area contributed by atoms with Gasteiger partial charge in [0.25, 0.3) is 5.91 Å². The standard InChI is InChI=1S/C26H28N2O2S/c1-17(2)16-28-24(22-14-9-15-31-22)23(20-12-7-8-13-21(20)26(28)30)25(29)27-18(3)19-10-5-4-6-11-19/h4-15,17-18,23-24H,16H2,1-3H3,(H,27,29)/t18-,23-,24+/m0/s1. The summed E-state index contributed by atoms with van der Waals surface area (Å²) < 4.78 is 0. The largest absolute Gasteiger partial charge is 0.349 e. The first-order valence-electron chi connectivity index (χ1n) is 10.8. The van der Waals surface area contributed by atoms with Crippen LogP contribution in [0.1, 0.15) is 65.1 Å². The Balaban J connectivity index is 1.77. The molecule has 1 aliphatic heterocycles.